The number of benzene rings is 1. The Kier molecular flexibility index (Phi) is 6.72. The Morgan fingerprint density at radius 2 is 1.92 bits per heavy atom. The number of aromatic carboxylic acids is 1. The lowest BCUT2D eigenvalue weighted by atomic mass is 9.89. The van der Waals surface area contributed by atoms with E-state index >= 15 is 0 Å². The van der Waals surface area contributed by atoms with E-state index in [-0.39, 0.29) is 46.2 Å². The molecule has 2 N–H and O–H groups in total. The van der Waals surface area contributed by atoms with E-state index < -0.39 is 23.4 Å². The zero-order chi connectivity index (χ0) is 26.3. The van der Waals surface area contributed by atoms with E-state index in [1.807, 2.05) is 11.4 Å². The maximum Gasteiger partial charge on any atom is 0.374 e. The summed E-state index contributed by atoms with van der Waals surface area (Å²) in [5, 5.41) is 30.0. The van der Waals surface area contributed by atoms with Gasteiger partial charge < -0.3 is 15.1 Å². The molecule has 2 unspecified atom stereocenters. The van der Waals surface area contributed by atoms with Crippen molar-refractivity contribution in [2.45, 2.75) is 23.5 Å². The molecule has 3 aromatic rings. The largest absolute Gasteiger partial charge is 0.481 e. The van der Waals surface area contributed by atoms with Crippen LogP contribution in [0.5, 0.6) is 0 Å². The summed E-state index contributed by atoms with van der Waals surface area (Å²) in [6, 6.07) is 11.6. The number of rotatable bonds is 8. The van der Waals surface area contributed by atoms with Gasteiger partial charge in [-0.05, 0) is 29.6 Å². The Morgan fingerprint density at radius 3 is 2.54 bits per heavy atom. The summed E-state index contributed by atoms with van der Waals surface area (Å²) in [5.41, 5.74) is -0.763. The Morgan fingerprint density at radius 1 is 1.16 bits per heavy atom. The van der Waals surface area contributed by atoms with E-state index in [2.05, 4.69) is 10.2 Å². The van der Waals surface area contributed by atoms with Gasteiger partial charge in [-0.2, -0.15) is 0 Å². The van der Waals surface area contributed by atoms with Gasteiger partial charge in [-0.3, -0.25) is 23.9 Å². The molecule has 2 fully saturated rings. The van der Waals surface area contributed by atoms with Crippen LogP contribution in [0.25, 0.3) is 5.69 Å². The first-order chi connectivity index (χ1) is 17.7. The molecule has 2 aromatic heterocycles. The molecule has 0 bridgehead atoms. The molecule has 192 valence electrons. The normalized spacial score (nSPS) is 22.7. The quantitative estimate of drug-likeness (QED) is 0.312. The number of anilines is 1. The molecular formula is C23H21N5O6S3. The van der Waals surface area contributed by atoms with Gasteiger partial charge in [0.1, 0.15) is 16.8 Å². The summed E-state index contributed by atoms with van der Waals surface area (Å²) in [7, 11) is 0. The third-order valence-electron chi connectivity index (χ3n) is 6.25. The number of nitrogens with zero attached hydrogens (tertiary/aromatic N) is 5. The number of para-hydroxylation sites is 1. The number of β-lactam (4-membered cyclic amide) rings is 1. The Bertz CT molecular complexity index is 1360. The first-order valence-corrected chi connectivity index (χ1v) is 14.0. The second-order valence-corrected chi connectivity index (χ2v) is 11.6. The lowest BCUT2D eigenvalue weighted by Crippen LogP contribution is -2.74. The van der Waals surface area contributed by atoms with Crippen molar-refractivity contribution in [1.29, 1.82) is 0 Å². The van der Waals surface area contributed by atoms with Gasteiger partial charge in [-0.15, -0.1) is 33.3 Å². The van der Waals surface area contributed by atoms with Crippen LogP contribution >= 0.6 is 34.9 Å². The molecule has 0 spiro atoms. The third kappa shape index (κ3) is 4.38. The number of hydrogen-bond acceptors (Lipinski definition) is 9. The molecule has 0 saturated carbocycles. The maximum atomic E-state index is 13.2. The van der Waals surface area contributed by atoms with Crippen LogP contribution in [-0.4, -0.2) is 83.1 Å². The predicted octanol–water partition coefficient (Wildman–Crippen LogP) is 2.53. The number of thiophene rings is 1. The van der Waals surface area contributed by atoms with Crippen LogP contribution in [0.15, 0.2) is 53.0 Å². The van der Waals surface area contributed by atoms with Gasteiger partial charge in [0.25, 0.3) is 0 Å². The summed E-state index contributed by atoms with van der Waals surface area (Å²) >= 11 is 3.78. The Balaban J connectivity index is 1.37. The van der Waals surface area contributed by atoms with Crippen molar-refractivity contribution >= 4 is 63.6 Å². The number of carbonyl (C=O) groups excluding carboxylic acids is 2. The second-order valence-electron chi connectivity index (χ2n) is 8.61. The van der Waals surface area contributed by atoms with Crippen LogP contribution in [0.1, 0.15) is 17.5 Å². The van der Waals surface area contributed by atoms with E-state index in [1.54, 1.807) is 36.4 Å². The topological polar surface area (TPSA) is 146 Å². The number of hydrogen-bond donors (Lipinski definition) is 2. The van der Waals surface area contributed by atoms with Crippen LogP contribution in [-0.2, 0) is 14.4 Å². The minimum absolute atomic E-state index is 0.0240. The number of amides is 2. The molecule has 3 atom stereocenters. The van der Waals surface area contributed by atoms with Gasteiger partial charge in [0, 0.05) is 30.7 Å². The summed E-state index contributed by atoms with van der Waals surface area (Å²) in [5.74, 6) is -2.89. The highest BCUT2D eigenvalue weighted by Gasteiger charge is 2.59. The number of carbonyl (C=O) groups is 4. The monoisotopic (exact) mass is 559 g/mol. The van der Waals surface area contributed by atoms with Crippen molar-refractivity contribution < 1.29 is 29.4 Å². The number of carboxylic acid groups (broad SMARTS) is 2. The highest BCUT2D eigenvalue weighted by atomic mass is 32.2. The molecule has 2 saturated heterocycles. The average Bonchev–Trinajstić information content (AvgIpc) is 3.56. The van der Waals surface area contributed by atoms with Crippen LogP contribution < -0.4 is 4.90 Å². The molecule has 2 aliphatic heterocycles. The number of carboxylic acids is 2. The first kappa shape index (κ1) is 25.3. The minimum Gasteiger partial charge on any atom is -0.481 e. The fourth-order valence-electron chi connectivity index (χ4n) is 4.40. The molecule has 4 heterocycles. The van der Waals surface area contributed by atoms with E-state index in [0.717, 1.165) is 11.8 Å². The van der Waals surface area contributed by atoms with Crippen molar-refractivity contribution in [3.8, 4) is 5.69 Å². The SMILES string of the molecule is CC(=O)N(c1cccs1)C1C(=O)N2CC(CSc3nnc(C(=O)O)n3-c3ccccc3)(C(=O)O)CS[C@H]12. The molecule has 14 heteroatoms. The smallest absolute Gasteiger partial charge is 0.374 e. The molecule has 0 aliphatic carbocycles. The molecule has 2 aliphatic rings. The van der Waals surface area contributed by atoms with E-state index in [1.165, 1.54) is 44.4 Å². The maximum absolute atomic E-state index is 13.2. The summed E-state index contributed by atoms with van der Waals surface area (Å²) in [6.45, 7) is 1.39. The molecule has 11 nitrogen and oxygen atoms in total. The van der Waals surface area contributed by atoms with Crippen molar-refractivity contribution in [3.63, 3.8) is 0 Å². The van der Waals surface area contributed by atoms with Crippen LogP contribution in [0.3, 0.4) is 0 Å². The Labute approximate surface area is 223 Å². The van der Waals surface area contributed by atoms with Gasteiger partial charge >= 0.3 is 11.9 Å². The van der Waals surface area contributed by atoms with Crippen molar-refractivity contribution in [1.82, 2.24) is 19.7 Å². The molecule has 5 rings (SSSR count). The zero-order valence-electron chi connectivity index (χ0n) is 19.4. The number of thioether (sulfide) groups is 2. The molecule has 1 aromatic carbocycles. The van der Waals surface area contributed by atoms with Crippen LogP contribution in [0, 0.1) is 5.41 Å². The minimum atomic E-state index is -1.30. The summed E-state index contributed by atoms with van der Waals surface area (Å²) in [4.78, 5) is 52.8. The van der Waals surface area contributed by atoms with Crippen molar-refractivity contribution in [2.75, 3.05) is 23.0 Å². The van der Waals surface area contributed by atoms with Crippen LogP contribution in [0.2, 0.25) is 0 Å². The molecular weight excluding hydrogens is 538 g/mol. The summed E-state index contributed by atoms with van der Waals surface area (Å²) < 4.78 is 1.37. The van der Waals surface area contributed by atoms with Crippen molar-refractivity contribution in [2.24, 2.45) is 5.41 Å². The fraction of sp³-hybridized carbons (Fsp3) is 0.304. The van der Waals surface area contributed by atoms with Gasteiger partial charge in [0.15, 0.2) is 5.16 Å². The molecule has 37 heavy (non-hydrogen) atoms. The highest BCUT2D eigenvalue weighted by Crippen LogP contribution is 2.47. The van der Waals surface area contributed by atoms with Gasteiger partial charge in [-0.25, -0.2) is 4.79 Å². The second kappa shape index (κ2) is 9.84. The fourth-order valence-corrected chi connectivity index (χ4v) is 8.06. The van der Waals surface area contributed by atoms with Crippen molar-refractivity contribution in [3.05, 3.63) is 53.7 Å². The van der Waals surface area contributed by atoms with Gasteiger partial charge in [-0.1, -0.05) is 30.0 Å². The number of fused-ring (bicyclic) bond motifs is 1. The van der Waals surface area contributed by atoms with E-state index in [9.17, 15) is 29.4 Å². The highest BCUT2D eigenvalue weighted by molar-refractivity contribution is 8.00. The zero-order valence-corrected chi connectivity index (χ0v) is 21.8. The van der Waals surface area contributed by atoms with Crippen LogP contribution in [0.4, 0.5) is 5.00 Å². The average molecular weight is 560 g/mol. The standard InChI is InChI=1S/C23H21N5O6S3/c1-13(29)27(15-8-5-9-35-15)16-18(30)26-10-23(21(33)34,11-36-19(16)26)12-37-22-25-24-17(20(31)32)28(22)14-6-3-2-4-7-14/h2-9,16,19H,10-12H2,1H3,(H,31,32)(H,33,34)/t16?,19-,23?/m1/s1. The van der Waals surface area contributed by atoms with Gasteiger partial charge in [0.2, 0.25) is 17.6 Å². The first-order valence-electron chi connectivity index (χ1n) is 11.1. The number of aliphatic carboxylic acids is 1. The molecule has 0 radical (unpaired) electrons. The lowest BCUT2D eigenvalue weighted by Gasteiger charge is -2.55. The Hall–Kier alpha value is -3.36. The van der Waals surface area contributed by atoms with E-state index in [0.29, 0.717) is 10.7 Å². The summed E-state index contributed by atoms with van der Waals surface area (Å²) in [6.07, 6.45) is 0. The third-order valence-corrected chi connectivity index (χ3v) is 9.91. The lowest BCUT2D eigenvalue weighted by molar-refractivity contribution is -0.156. The molecule has 2 amide bonds. The predicted molar refractivity (Wildman–Crippen MR) is 138 cm³/mol. The van der Waals surface area contributed by atoms with Gasteiger partial charge in [0.05, 0.1) is 5.00 Å². The van der Waals surface area contributed by atoms with E-state index in [4.69, 9.17) is 0 Å². The number of aromatic nitrogens is 3.